The molecule has 0 bridgehead atoms. The topological polar surface area (TPSA) is 42.7 Å². The van der Waals surface area contributed by atoms with Gasteiger partial charge in [-0.05, 0) is 7.05 Å². The van der Waals surface area contributed by atoms with E-state index in [0.717, 1.165) is 6.42 Å². The van der Waals surface area contributed by atoms with Crippen LogP contribution in [0.3, 0.4) is 0 Å². The van der Waals surface area contributed by atoms with Crippen LogP contribution in [0.15, 0.2) is 17.9 Å². The van der Waals surface area contributed by atoms with Gasteiger partial charge in [-0.1, -0.05) is 20.8 Å². The molecule has 0 saturated heterocycles. The lowest BCUT2D eigenvalue weighted by Gasteiger charge is -2.16. The third kappa shape index (κ3) is 3.22. The number of nitrogens with one attached hydrogen (secondary N) is 1. The highest BCUT2D eigenvalue weighted by Crippen LogP contribution is 2.26. The third-order valence-corrected chi connectivity index (χ3v) is 4.13. The SMILES string of the molecule is CNC(Cc1nc(C(C)(C)C)cs1)c1cncn1C. The largest absolute Gasteiger partial charge is 0.336 e. The maximum atomic E-state index is 4.76. The van der Waals surface area contributed by atoms with Gasteiger partial charge in [0.1, 0.15) is 0 Å². The predicted octanol–water partition coefficient (Wildman–Crippen LogP) is 2.68. The molecule has 0 aliphatic carbocycles. The van der Waals surface area contributed by atoms with Crippen LogP contribution >= 0.6 is 11.3 Å². The van der Waals surface area contributed by atoms with Gasteiger partial charge in [0.2, 0.25) is 0 Å². The van der Waals surface area contributed by atoms with Gasteiger partial charge in [-0.3, -0.25) is 0 Å². The van der Waals surface area contributed by atoms with Crippen LogP contribution in [0.2, 0.25) is 0 Å². The molecule has 0 fully saturated rings. The Balaban J connectivity index is 2.16. The second-order valence-electron chi connectivity index (χ2n) is 5.85. The highest BCUT2D eigenvalue weighted by molar-refractivity contribution is 7.09. The molecule has 1 atom stereocenters. The number of imidazole rings is 1. The van der Waals surface area contributed by atoms with Crippen LogP contribution < -0.4 is 5.32 Å². The summed E-state index contributed by atoms with van der Waals surface area (Å²) in [7, 11) is 4.01. The van der Waals surface area contributed by atoms with Crippen molar-refractivity contribution in [2.75, 3.05) is 7.05 Å². The van der Waals surface area contributed by atoms with E-state index in [1.807, 2.05) is 26.6 Å². The van der Waals surface area contributed by atoms with Crippen molar-refractivity contribution in [3.8, 4) is 0 Å². The Hall–Kier alpha value is -1.20. The van der Waals surface area contributed by atoms with Gasteiger partial charge in [0.25, 0.3) is 0 Å². The minimum absolute atomic E-state index is 0.121. The number of hydrogen-bond donors (Lipinski definition) is 1. The molecule has 0 amide bonds. The van der Waals surface area contributed by atoms with Crippen molar-refractivity contribution in [3.05, 3.63) is 34.3 Å². The smallest absolute Gasteiger partial charge is 0.0948 e. The Morgan fingerprint density at radius 1 is 1.42 bits per heavy atom. The number of thiazole rings is 1. The van der Waals surface area contributed by atoms with Gasteiger partial charge < -0.3 is 9.88 Å². The van der Waals surface area contributed by atoms with E-state index in [0.29, 0.717) is 0 Å². The molecule has 2 aromatic rings. The van der Waals surface area contributed by atoms with Crippen molar-refractivity contribution < 1.29 is 0 Å². The minimum Gasteiger partial charge on any atom is -0.336 e. The molecule has 2 aromatic heterocycles. The first kappa shape index (κ1) is 14.2. The zero-order valence-corrected chi connectivity index (χ0v) is 13.1. The molecule has 0 aliphatic rings. The van der Waals surface area contributed by atoms with E-state index in [1.165, 1.54) is 16.4 Å². The molecule has 2 heterocycles. The highest BCUT2D eigenvalue weighted by atomic mass is 32.1. The van der Waals surface area contributed by atoms with E-state index in [9.17, 15) is 0 Å². The van der Waals surface area contributed by atoms with Crippen molar-refractivity contribution in [1.29, 1.82) is 0 Å². The fraction of sp³-hybridized carbons (Fsp3) is 0.571. The molecule has 104 valence electrons. The Bertz CT molecular complexity index is 536. The first-order chi connectivity index (χ1) is 8.91. The fourth-order valence-electron chi connectivity index (χ4n) is 1.98. The van der Waals surface area contributed by atoms with Crippen LogP contribution in [0, 0.1) is 0 Å². The van der Waals surface area contributed by atoms with E-state index in [1.54, 1.807) is 11.3 Å². The molecule has 4 nitrogen and oxygen atoms in total. The molecule has 0 radical (unpaired) electrons. The Kier molecular flexibility index (Phi) is 4.06. The van der Waals surface area contributed by atoms with Crippen LogP contribution in [0.4, 0.5) is 0 Å². The summed E-state index contributed by atoms with van der Waals surface area (Å²) in [4.78, 5) is 8.94. The molecule has 19 heavy (non-hydrogen) atoms. The molecule has 1 N–H and O–H groups in total. The maximum absolute atomic E-state index is 4.76. The van der Waals surface area contributed by atoms with E-state index in [-0.39, 0.29) is 11.5 Å². The van der Waals surface area contributed by atoms with Crippen molar-refractivity contribution >= 4 is 11.3 Å². The molecular weight excluding hydrogens is 256 g/mol. The molecule has 2 rings (SSSR count). The van der Waals surface area contributed by atoms with E-state index in [4.69, 9.17) is 4.98 Å². The molecule has 0 aliphatic heterocycles. The third-order valence-electron chi connectivity index (χ3n) is 3.26. The van der Waals surface area contributed by atoms with E-state index < -0.39 is 0 Å². The monoisotopic (exact) mass is 278 g/mol. The maximum Gasteiger partial charge on any atom is 0.0948 e. The van der Waals surface area contributed by atoms with Gasteiger partial charge in [-0.2, -0.15) is 0 Å². The average Bonchev–Trinajstić information content (AvgIpc) is 2.94. The molecular formula is C14H22N4S. The van der Waals surface area contributed by atoms with Gasteiger partial charge in [-0.25, -0.2) is 9.97 Å². The van der Waals surface area contributed by atoms with Crippen LogP contribution in [0.5, 0.6) is 0 Å². The number of rotatable bonds is 4. The standard InChI is InChI=1S/C14H22N4S/c1-14(2,3)12-8-19-13(17-12)6-10(15-4)11-7-16-9-18(11)5/h7-10,15H,6H2,1-5H3. The van der Waals surface area contributed by atoms with Gasteiger partial charge >= 0.3 is 0 Å². The predicted molar refractivity (Wildman–Crippen MR) is 79.5 cm³/mol. The summed E-state index contributed by atoms with van der Waals surface area (Å²) < 4.78 is 2.06. The van der Waals surface area contributed by atoms with Gasteiger partial charge in [0.15, 0.2) is 0 Å². The summed E-state index contributed by atoms with van der Waals surface area (Å²) in [5.41, 5.74) is 2.48. The Morgan fingerprint density at radius 3 is 2.63 bits per heavy atom. The second kappa shape index (κ2) is 5.43. The average molecular weight is 278 g/mol. The van der Waals surface area contributed by atoms with Crippen LogP contribution in [0.1, 0.15) is 43.2 Å². The first-order valence-electron chi connectivity index (χ1n) is 6.50. The zero-order valence-electron chi connectivity index (χ0n) is 12.3. The van der Waals surface area contributed by atoms with E-state index in [2.05, 4.69) is 41.0 Å². The number of aromatic nitrogens is 3. The lowest BCUT2D eigenvalue weighted by molar-refractivity contribution is 0.543. The van der Waals surface area contributed by atoms with Crippen LogP contribution in [-0.2, 0) is 18.9 Å². The fourth-order valence-corrected chi connectivity index (χ4v) is 3.05. The molecule has 0 aromatic carbocycles. The van der Waals surface area contributed by atoms with Crippen LogP contribution in [-0.4, -0.2) is 21.6 Å². The second-order valence-corrected chi connectivity index (χ2v) is 6.79. The van der Waals surface area contributed by atoms with E-state index >= 15 is 0 Å². The summed E-state index contributed by atoms with van der Waals surface area (Å²) >= 11 is 1.74. The number of likely N-dealkylation sites (N-methyl/N-ethyl adjacent to an activating group) is 1. The molecule has 1 unspecified atom stereocenters. The number of nitrogens with zero attached hydrogens (tertiary/aromatic N) is 3. The molecule has 5 heteroatoms. The minimum atomic E-state index is 0.121. The molecule has 0 saturated carbocycles. The summed E-state index contributed by atoms with van der Waals surface area (Å²) in [5, 5.41) is 6.69. The quantitative estimate of drug-likeness (QED) is 0.935. The molecule has 0 spiro atoms. The number of aryl methyl sites for hydroxylation is 1. The zero-order chi connectivity index (χ0) is 14.0. The van der Waals surface area contributed by atoms with Crippen LogP contribution in [0.25, 0.3) is 0 Å². The summed E-state index contributed by atoms with van der Waals surface area (Å²) in [6.07, 6.45) is 4.65. The first-order valence-corrected chi connectivity index (χ1v) is 7.38. The Morgan fingerprint density at radius 2 is 2.16 bits per heavy atom. The summed E-state index contributed by atoms with van der Waals surface area (Å²) in [6.45, 7) is 6.59. The summed E-state index contributed by atoms with van der Waals surface area (Å²) in [6, 6.07) is 0.256. The van der Waals surface area contributed by atoms with Gasteiger partial charge in [-0.15, -0.1) is 11.3 Å². The lowest BCUT2D eigenvalue weighted by atomic mass is 9.93. The lowest BCUT2D eigenvalue weighted by Crippen LogP contribution is -2.21. The van der Waals surface area contributed by atoms with Gasteiger partial charge in [0.05, 0.1) is 28.8 Å². The van der Waals surface area contributed by atoms with Crippen molar-refractivity contribution in [2.24, 2.45) is 7.05 Å². The van der Waals surface area contributed by atoms with Gasteiger partial charge in [0, 0.05) is 30.5 Å². The number of hydrogen-bond acceptors (Lipinski definition) is 4. The Labute approximate surface area is 118 Å². The highest BCUT2D eigenvalue weighted by Gasteiger charge is 2.20. The van der Waals surface area contributed by atoms with Crippen molar-refractivity contribution in [1.82, 2.24) is 19.9 Å². The van der Waals surface area contributed by atoms with Crippen molar-refractivity contribution in [2.45, 2.75) is 38.6 Å². The summed E-state index contributed by atoms with van der Waals surface area (Å²) in [5.74, 6) is 0. The van der Waals surface area contributed by atoms with Crippen molar-refractivity contribution in [3.63, 3.8) is 0 Å². The normalized spacial score (nSPS) is 13.7.